The first-order valence-electron chi connectivity index (χ1n) is 9.39. The number of allylic oxidation sites excluding steroid dienone is 3. The predicted octanol–water partition coefficient (Wildman–Crippen LogP) is 6.79. The van der Waals surface area contributed by atoms with E-state index >= 15 is 0 Å². The zero-order valence-electron chi connectivity index (χ0n) is 16.6. The molecule has 2 aromatic rings. The highest BCUT2D eigenvalue weighted by Gasteiger charge is 2.35. The quantitative estimate of drug-likeness (QED) is 0.647. The summed E-state index contributed by atoms with van der Waals surface area (Å²) in [6, 6.07) is 15.4. The van der Waals surface area contributed by atoms with Gasteiger partial charge in [-0.05, 0) is 65.8 Å². The molecule has 1 heterocycles. The van der Waals surface area contributed by atoms with Gasteiger partial charge in [-0.1, -0.05) is 69.8 Å². The van der Waals surface area contributed by atoms with Crippen LogP contribution in [0.3, 0.4) is 0 Å². The first kappa shape index (κ1) is 18.3. The van der Waals surface area contributed by atoms with Gasteiger partial charge in [0.1, 0.15) is 0 Å². The Bertz CT molecular complexity index is 910. The maximum atomic E-state index is 4.22. The van der Waals surface area contributed by atoms with Crippen molar-refractivity contribution in [2.24, 2.45) is 5.41 Å². The number of hydrogen-bond acceptors (Lipinski definition) is 1. The van der Waals surface area contributed by atoms with E-state index in [2.05, 4.69) is 101 Å². The Morgan fingerprint density at radius 1 is 1.00 bits per heavy atom. The van der Waals surface area contributed by atoms with Gasteiger partial charge in [-0.15, -0.1) is 0 Å². The van der Waals surface area contributed by atoms with Crippen LogP contribution in [0.5, 0.6) is 0 Å². The minimum atomic E-state index is -0.0342. The molecule has 1 aliphatic rings. The Morgan fingerprint density at radius 2 is 1.73 bits per heavy atom. The standard InChI is InChI=1S/C25H29N/c1-7-9-23-24(26-19(4)25(23,5)6)16-20-10-8-11-21(15-20)22-13-12-17(2)18(3)14-22/h8-16,26H,4,7H2,1-3,5-6H3/b23-9-,24-16-. The van der Waals surface area contributed by atoms with Gasteiger partial charge < -0.3 is 5.32 Å². The molecule has 0 bridgehead atoms. The van der Waals surface area contributed by atoms with Crippen molar-refractivity contribution in [2.45, 2.75) is 41.0 Å². The van der Waals surface area contributed by atoms with E-state index in [4.69, 9.17) is 0 Å². The third kappa shape index (κ3) is 3.39. The Labute approximate surface area is 158 Å². The van der Waals surface area contributed by atoms with Gasteiger partial charge in [-0.2, -0.15) is 0 Å². The lowest BCUT2D eigenvalue weighted by atomic mass is 9.83. The number of benzene rings is 2. The lowest BCUT2D eigenvalue weighted by Crippen LogP contribution is -2.12. The van der Waals surface area contributed by atoms with E-state index in [-0.39, 0.29) is 5.41 Å². The largest absolute Gasteiger partial charge is 0.358 e. The van der Waals surface area contributed by atoms with Gasteiger partial charge in [0.2, 0.25) is 0 Å². The maximum Gasteiger partial charge on any atom is 0.0426 e. The van der Waals surface area contributed by atoms with Crippen LogP contribution in [0.2, 0.25) is 0 Å². The zero-order valence-corrected chi connectivity index (χ0v) is 16.6. The second-order valence-corrected chi connectivity index (χ2v) is 7.74. The molecule has 0 atom stereocenters. The van der Waals surface area contributed by atoms with E-state index in [1.54, 1.807) is 0 Å². The summed E-state index contributed by atoms with van der Waals surface area (Å²) in [5.74, 6) is 0. The van der Waals surface area contributed by atoms with Gasteiger partial charge in [0.05, 0.1) is 0 Å². The highest BCUT2D eigenvalue weighted by atomic mass is 15.0. The van der Waals surface area contributed by atoms with Gasteiger partial charge in [-0.25, -0.2) is 0 Å². The lowest BCUT2D eigenvalue weighted by molar-refractivity contribution is 0.567. The molecule has 0 spiro atoms. The Hall–Kier alpha value is -2.54. The molecule has 0 aliphatic carbocycles. The summed E-state index contributed by atoms with van der Waals surface area (Å²) in [6.45, 7) is 15.2. The number of nitrogens with one attached hydrogen (secondary N) is 1. The van der Waals surface area contributed by atoms with Crippen LogP contribution in [-0.4, -0.2) is 0 Å². The first-order valence-corrected chi connectivity index (χ1v) is 9.39. The van der Waals surface area contributed by atoms with Gasteiger partial charge in [0.25, 0.3) is 0 Å². The fourth-order valence-corrected chi connectivity index (χ4v) is 3.46. The Kier molecular flexibility index (Phi) is 4.91. The lowest BCUT2D eigenvalue weighted by Gasteiger charge is -2.19. The molecular weight excluding hydrogens is 314 g/mol. The van der Waals surface area contributed by atoms with Crippen molar-refractivity contribution in [3.05, 3.63) is 88.8 Å². The number of rotatable bonds is 3. The second kappa shape index (κ2) is 6.99. The molecule has 1 N–H and O–H groups in total. The van der Waals surface area contributed by atoms with E-state index in [9.17, 15) is 0 Å². The van der Waals surface area contributed by atoms with Crippen molar-refractivity contribution in [3.8, 4) is 11.1 Å². The van der Waals surface area contributed by atoms with Crippen molar-refractivity contribution >= 4 is 6.08 Å². The molecule has 0 aromatic heterocycles. The maximum absolute atomic E-state index is 4.22. The van der Waals surface area contributed by atoms with E-state index in [0.717, 1.165) is 12.1 Å². The van der Waals surface area contributed by atoms with Crippen LogP contribution < -0.4 is 5.32 Å². The van der Waals surface area contributed by atoms with Crippen molar-refractivity contribution in [3.63, 3.8) is 0 Å². The highest BCUT2D eigenvalue weighted by Crippen LogP contribution is 2.43. The van der Waals surface area contributed by atoms with Gasteiger partial charge in [0, 0.05) is 16.8 Å². The fraction of sp³-hybridized carbons (Fsp3) is 0.280. The predicted molar refractivity (Wildman–Crippen MR) is 114 cm³/mol. The third-order valence-corrected chi connectivity index (χ3v) is 5.45. The summed E-state index contributed by atoms with van der Waals surface area (Å²) in [4.78, 5) is 0. The molecule has 1 fully saturated rings. The van der Waals surface area contributed by atoms with Gasteiger partial charge in [-0.3, -0.25) is 0 Å². The summed E-state index contributed by atoms with van der Waals surface area (Å²) in [6.07, 6.45) is 5.57. The molecular formula is C25H29N. The molecule has 2 aromatic carbocycles. The van der Waals surface area contributed by atoms with Crippen molar-refractivity contribution in [1.29, 1.82) is 0 Å². The molecule has 1 saturated heterocycles. The van der Waals surface area contributed by atoms with Crippen molar-refractivity contribution in [1.82, 2.24) is 5.32 Å². The topological polar surface area (TPSA) is 12.0 Å². The van der Waals surface area contributed by atoms with Crippen molar-refractivity contribution in [2.75, 3.05) is 0 Å². The molecule has 26 heavy (non-hydrogen) atoms. The molecule has 1 nitrogen and oxygen atoms in total. The molecule has 0 amide bonds. The third-order valence-electron chi connectivity index (χ3n) is 5.45. The Morgan fingerprint density at radius 3 is 2.42 bits per heavy atom. The molecule has 0 radical (unpaired) electrons. The normalized spacial score (nSPS) is 19.2. The molecule has 0 unspecified atom stereocenters. The minimum absolute atomic E-state index is 0.0342. The Balaban J connectivity index is 2.00. The fourth-order valence-electron chi connectivity index (χ4n) is 3.46. The van der Waals surface area contributed by atoms with E-state index < -0.39 is 0 Å². The van der Waals surface area contributed by atoms with Gasteiger partial charge >= 0.3 is 0 Å². The number of hydrogen-bond donors (Lipinski definition) is 1. The van der Waals surface area contributed by atoms with E-state index in [1.165, 1.54) is 39.1 Å². The minimum Gasteiger partial charge on any atom is -0.358 e. The molecule has 3 rings (SSSR count). The second-order valence-electron chi connectivity index (χ2n) is 7.74. The molecule has 0 saturated carbocycles. The van der Waals surface area contributed by atoms with E-state index in [1.807, 2.05) is 0 Å². The summed E-state index contributed by atoms with van der Waals surface area (Å²) in [5, 5.41) is 3.50. The molecule has 1 heteroatoms. The SMILES string of the molecule is C=C1NC(=C\c2cccc(-c3ccc(C)c(C)c3)c2)/C(=C/CC)C1(C)C. The summed E-state index contributed by atoms with van der Waals surface area (Å²) in [7, 11) is 0. The highest BCUT2D eigenvalue weighted by molar-refractivity contribution is 5.71. The summed E-state index contributed by atoms with van der Waals surface area (Å²) >= 11 is 0. The van der Waals surface area contributed by atoms with Gasteiger partial charge in [0.15, 0.2) is 0 Å². The van der Waals surface area contributed by atoms with Crippen LogP contribution in [-0.2, 0) is 0 Å². The number of aryl methyl sites for hydroxylation is 2. The van der Waals surface area contributed by atoms with Crippen LogP contribution in [0.15, 0.2) is 72.1 Å². The zero-order chi connectivity index (χ0) is 18.9. The average molecular weight is 344 g/mol. The van der Waals surface area contributed by atoms with Crippen LogP contribution in [0.4, 0.5) is 0 Å². The molecule has 134 valence electrons. The van der Waals surface area contributed by atoms with Crippen LogP contribution in [0, 0.1) is 19.3 Å². The average Bonchev–Trinajstić information content (AvgIpc) is 2.81. The van der Waals surface area contributed by atoms with E-state index in [0.29, 0.717) is 0 Å². The summed E-state index contributed by atoms with van der Waals surface area (Å²) < 4.78 is 0. The van der Waals surface area contributed by atoms with Crippen LogP contribution >= 0.6 is 0 Å². The molecule has 1 aliphatic heterocycles. The smallest absolute Gasteiger partial charge is 0.0426 e. The van der Waals surface area contributed by atoms with Crippen LogP contribution in [0.1, 0.15) is 43.9 Å². The van der Waals surface area contributed by atoms with Crippen LogP contribution in [0.25, 0.3) is 17.2 Å². The monoisotopic (exact) mass is 343 g/mol. The first-order chi connectivity index (χ1) is 12.3. The summed E-state index contributed by atoms with van der Waals surface area (Å²) in [5.41, 5.74) is 9.91. The van der Waals surface area contributed by atoms with Crippen molar-refractivity contribution < 1.29 is 0 Å².